The molecule has 1 N–H and O–H groups in total. The molecule has 6 heteroatoms. The highest BCUT2D eigenvalue weighted by atomic mass is 35.5. The van der Waals surface area contributed by atoms with E-state index >= 15 is 0 Å². The molecule has 1 amide bonds. The third kappa shape index (κ3) is 4.45. The number of thiophene rings is 1. The summed E-state index contributed by atoms with van der Waals surface area (Å²) in [6, 6.07) is 16.7. The van der Waals surface area contributed by atoms with Gasteiger partial charge in [-0.25, -0.2) is 4.79 Å². The van der Waals surface area contributed by atoms with Crippen molar-refractivity contribution in [2.75, 3.05) is 12.4 Å². The van der Waals surface area contributed by atoms with Gasteiger partial charge in [-0.05, 0) is 23.3 Å². The van der Waals surface area contributed by atoms with E-state index in [-0.39, 0.29) is 5.91 Å². The van der Waals surface area contributed by atoms with Crippen LogP contribution in [-0.2, 0) is 9.53 Å². The fourth-order valence-electron chi connectivity index (χ4n) is 2.51. The lowest BCUT2D eigenvalue weighted by atomic mass is 10.0. The SMILES string of the molecule is COC(=O)c1c(-c2ccccc2)csc1NC(=O)C=Cc1ccccc1Cl. The van der Waals surface area contributed by atoms with Gasteiger partial charge in [0.1, 0.15) is 10.6 Å². The van der Waals surface area contributed by atoms with E-state index in [0.29, 0.717) is 15.6 Å². The van der Waals surface area contributed by atoms with Crippen molar-refractivity contribution in [3.63, 3.8) is 0 Å². The van der Waals surface area contributed by atoms with Crippen molar-refractivity contribution in [3.05, 3.63) is 82.2 Å². The van der Waals surface area contributed by atoms with E-state index < -0.39 is 5.97 Å². The molecule has 136 valence electrons. The predicted molar refractivity (Wildman–Crippen MR) is 110 cm³/mol. The molecule has 0 aliphatic rings. The smallest absolute Gasteiger partial charge is 0.341 e. The monoisotopic (exact) mass is 397 g/mol. The summed E-state index contributed by atoms with van der Waals surface area (Å²) >= 11 is 7.36. The van der Waals surface area contributed by atoms with Crippen molar-refractivity contribution in [1.29, 1.82) is 0 Å². The van der Waals surface area contributed by atoms with Gasteiger partial charge in [0.05, 0.1) is 7.11 Å². The summed E-state index contributed by atoms with van der Waals surface area (Å²) in [5.41, 5.74) is 2.67. The minimum atomic E-state index is -0.500. The van der Waals surface area contributed by atoms with Gasteiger partial charge in [-0.1, -0.05) is 60.1 Å². The summed E-state index contributed by atoms with van der Waals surface area (Å²) in [7, 11) is 1.32. The maximum atomic E-state index is 12.3. The number of carbonyl (C=O) groups is 2. The zero-order valence-electron chi connectivity index (χ0n) is 14.4. The zero-order valence-corrected chi connectivity index (χ0v) is 16.0. The summed E-state index contributed by atoms with van der Waals surface area (Å²) in [6.07, 6.45) is 3.01. The summed E-state index contributed by atoms with van der Waals surface area (Å²) < 4.78 is 4.90. The topological polar surface area (TPSA) is 55.4 Å². The Hall–Kier alpha value is -2.89. The fraction of sp³-hybridized carbons (Fsp3) is 0.0476. The Bertz CT molecular complexity index is 996. The van der Waals surface area contributed by atoms with E-state index in [9.17, 15) is 9.59 Å². The molecule has 0 saturated carbocycles. The van der Waals surface area contributed by atoms with Gasteiger partial charge < -0.3 is 10.1 Å². The maximum Gasteiger partial charge on any atom is 0.341 e. The first-order valence-electron chi connectivity index (χ1n) is 8.09. The van der Waals surface area contributed by atoms with Crippen LogP contribution in [0.2, 0.25) is 5.02 Å². The number of hydrogen-bond donors (Lipinski definition) is 1. The number of ether oxygens (including phenoxy) is 1. The molecule has 0 spiro atoms. The first-order chi connectivity index (χ1) is 13.1. The van der Waals surface area contributed by atoms with Crippen LogP contribution in [0.4, 0.5) is 5.00 Å². The van der Waals surface area contributed by atoms with E-state index in [1.54, 1.807) is 12.1 Å². The molecule has 3 aromatic rings. The first kappa shape index (κ1) is 18.9. The molecule has 0 aliphatic heterocycles. The Morgan fingerprint density at radius 1 is 1.07 bits per heavy atom. The molecule has 27 heavy (non-hydrogen) atoms. The minimum absolute atomic E-state index is 0.341. The molecular formula is C21H16ClNO3S. The van der Waals surface area contributed by atoms with Gasteiger partial charge in [-0.2, -0.15) is 0 Å². The molecule has 2 aromatic carbocycles. The number of methoxy groups -OCH3 is 1. The van der Waals surface area contributed by atoms with Crippen molar-refractivity contribution >= 4 is 45.9 Å². The molecule has 0 fully saturated rings. The minimum Gasteiger partial charge on any atom is -0.465 e. The van der Waals surface area contributed by atoms with Crippen LogP contribution in [0.5, 0.6) is 0 Å². The van der Waals surface area contributed by atoms with E-state index in [2.05, 4.69) is 5.32 Å². The quantitative estimate of drug-likeness (QED) is 0.456. The standard InChI is InChI=1S/C21H16ClNO3S/c1-26-21(25)19-16(14-7-3-2-4-8-14)13-27-20(19)23-18(24)12-11-15-9-5-6-10-17(15)22/h2-13H,1H3,(H,23,24). The largest absolute Gasteiger partial charge is 0.465 e. The molecule has 0 bridgehead atoms. The predicted octanol–water partition coefficient (Wildman–Crippen LogP) is 5.51. The lowest BCUT2D eigenvalue weighted by Gasteiger charge is -2.06. The van der Waals surface area contributed by atoms with Gasteiger partial charge in [0, 0.05) is 22.0 Å². The molecule has 0 unspecified atom stereocenters. The number of benzene rings is 2. The normalized spacial score (nSPS) is 10.7. The van der Waals surface area contributed by atoms with Crippen molar-refractivity contribution in [3.8, 4) is 11.1 Å². The highest BCUT2D eigenvalue weighted by Gasteiger charge is 2.21. The highest BCUT2D eigenvalue weighted by molar-refractivity contribution is 7.15. The number of nitrogens with one attached hydrogen (secondary N) is 1. The number of anilines is 1. The van der Waals surface area contributed by atoms with Crippen molar-refractivity contribution in [2.24, 2.45) is 0 Å². The Morgan fingerprint density at radius 2 is 1.78 bits per heavy atom. The second-order valence-corrected chi connectivity index (χ2v) is 6.84. The second kappa shape index (κ2) is 8.66. The summed E-state index contributed by atoms with van der Waals surface area (Å²) in [5, 5.41) is 5.58. The van der Waals surface area contributed by atoms with Crippen LogP contribution >= 0.6 is 22.9 Å². The van der Waals surface area contributed by atoms with Gasteiger partial charge >= 0.3 is 5.97 Å². The molecule has 0 radical (unpaired) electrons. The van der Waals surface area contributed by atoms with Gasteiger partial charge in [0.2, 0.25) is 5.91 Å². The van der Waals surface area contributed by atoms with Crippen LogP contribution in [0.15, 0.2) is 66.1 Å². The lowest BCUT2D eigenvalue weighted by Crippen LogP contribution is -2.11. The fourth-order valence-corrected chi connectivity index (χ4v) is 3.67. The molecule has 1 aromatic heterocycles. The van der Waals surface area contributed by atoms with Crippen molar-refractivity contribution in [2.45, 2.75) is 0 Å². The van der Waals surface area contributed by atoms with Gasteiger partial charge in [0.25, 0.3) is 0 Å². The summed E-state index contributed by atoms with van der Waals surface area (Å²) in [6.45, 7) is 0. The van der Waals surface area contributed by atoms with Gasteiger partial charge in [-0.3, -0.25) is 4.79 Å². The number of rotatable bonds is 5. The molecule has 3 rings (SSSR count). The number of carbonyl (C=O) groups excluding carboxylic acids is 2. The Labute approximate surface area is 166 Å². The van der Waals surface area contributed by atoms with Gasteiger partial charge in [-0.15, -0.1) is 11.3 Å². The van der Waals surface area contributed by atoms with Crippen LogP contribution in [0, 0.1) is 0 Å². The van der Waals surface area contributed by atoms with Crippen LogP contribution in [0.1, 0.15) is 15.9 Å². The third-order valence-corrected chi connectivity index (χ3v) is 5.06. The molecular weight excluding hydrogens is 382 g/mol. The number of halogens is 1. The highest BCUT2D eigenvalue weighted by Crippen LogP contribution is 2.36. The van der Waals surface area contributed by atoms with Crippen LogP contribution in [0.25, 0.3) is 17.2 Å². The van der Waals surface area contributed by atoms with Crippen molar-refractivity contribution < 1.29 is 14.3 Å². The number of hydrogen-bond acceptors (Lipinski definition) is 4. The van der Waals surface area contributed by atoms with Crippen LogP contribution in [-0.4, -0.2) is 19.0 Å². The Balaban J connectivity index is 1.86. The summed E-state index contributed by atoms with van der Waals surface area (Å²) in [4.78, 5) is 24.6. The Kier molecular flexibility index (Phi) is 6.06. The van der Waals surface area contributed by atoms with E-state index in [1.165, 1.54) is 24.5 Å². The molecule has 1 heterocycles. The van der Waals surface area contributed by atoms with E-state index in [4.69, 9.17) is 16.3 Å². The zero-order chi connectivity index (χ0) is 19.2. The molecule has 0 saturated heterocycles. The first-order valence-corrected chi connectivity index (χ1v) is 9.34. The van der Waals surface area contributed by atoms with Crippen LogP contribution < -0.4 is 5.32 Å². The summed E-state index contributed by atoms with van der Waals surface area (Å²) in [5.74, 6) is -0.859. The second-order valence-electron chi connectivity index (χ2n) is 5.56. The third-order valence-electron chi connectivity index (χ3n) is 3.82. The van der Waals surface area contributed by atoms with Crippen LogP contribution in [0.3, 0.4) is 0 Å². The van der Waals surface area contributed by atoms with E-state index in [0.717, 1.165) is 16.7 Å². The Morgan fingerprint density at radius 3 is 2.48 bits per heavy atom. The molecule has 0 atom stereocenters. The average Bonchev–Trinajstić information content (AvgIpc) is 3.11. The molecule has 4 nitrogen and oxygen atoms in total. The maximum absolute atomic E-state index is 12.3. The molecule has 0 aliphatic carbocycles. The lowest BCUT2D eigenvalue weighted by molar-refractivity contribution is -0.111. The number of amides is 1. The number of esters is 1. The van der Waals surface area contributed by atoms with Crippen molar-refractivity contribution in [1.82, 2.24) is 0 Å². The van der Waals surface area contributed by atoms with Gasteiger partial charge in [0.15, 0.2) is 0 Å². The van der Waals surface area contributed by atoms with E-state index in [1.807, 2.05) is 53.9 Å². The average molecular weight is 398 g/mol.